The highest BCUT2D eigenvalue weighted by molar-refractivity contribution is 7.62. The third-order valence-electron chi connectivity index (χ3n) is 8.22. The first-order valence-electron chi connectivity index (χ1n) is 10.6. The lowest BCUT2D eigenvalue weighted by atomic mass is 9.74. The molecule has 3 rings (SSSR count). The molecule has 0 aromatic rings. The molecule has 3 fully saturated rings. The summed E-state index contributed by atoms with van der Waals surface area (Å²) in [4.78, 5) is 0. The van der Waals surface area contributed by atoms with E-state index in [-0.39, 0.29) is 31.8 Å². The standard InChI is InChI=1S/C22H41O2P/c1-13(2)17-11-10-14(3)12-18(17)25-19(21(6,7)22(25,8)9)20-23-15(4)16(5)24-20/h13-20H,10-12H2,1-9H3/t14-,15-,16-,17-,18-,19+,25+/m1/s1. The summed E-state index contributed by atoms with van der Waals surface area (Å²) in [5.74, 6) is 2.56. The highest BCUT2D eigenvalue weighted by atomic mass is 31.1. The van der Waals surface area contributed by atoms with E-state index < -0.39 is 0 Å². The van der Waals surface area contributed by atoms with Crippen LogP contribution in [0.3, 0.4) is 0 Å². The van der Waals surface area contributed by atoms with E-state index >= 15 is 0 Å². The molecule has 1 aliphatic carbocycles. The Labute approximate surface area is 157 Å². The van der Waals surface area contributed by atoms with Crippen LogP contribution in [-0.2, 0) is 9.47 Å². The van der Waals surface area contributed by atoms with Gasteiger partial charge in [0, 0.05) is 5.66 Å². The molecule has 0 unspecified atom stereocenters. The molecule has 2 nitrogen and oxygen atoms in total. The third kappa shape index (κ3) is 3.13. The van der Waals surface area contributed by atoms with E-state index in [0.29, 0.717) is 10.8 Å². The van der Waals surface area contributed by atoms with Gasteiger partial charge >= 0.3 is 0 Å². The van der Waals surface area contributed by atoms with Crippen LogP contribution in [0.1, 0.15) is 81.6 Å². The van der Waals surface area contributed by atoms with E-state index in [9.17, 15) is 0 Å². The normalized spacial score (nSPS) is 47.0. The van der Waals surface area contributed by atoms with Gasteiger partial charge in [0.15, 0.2) is 6.29 Å². The smallest absolute Gasteiger partial charge is 0.165 e. The van der Waals surface area contributed by atoms with Crippen LogP contribution >= 0.6 is 7.92 Å². The Bertz CT molecular complexity index is 476. The Balaban J connectivity index is 1.91. The Hall–Kier alpha value is 0.350. The minimum atomic E-state index is -0.108. The van der Waals surface area contributed by atoms with E-state index in [0.717, 1.165) is 23.4 Å². The molecule has 146 valence electrons. The third-order valence-corrected chi connectivity index (χ3v) is 12.9. The highest BCUT2D eigenvalue weighted by Gasteiger charge is 2.68. The quantitative estimate of drug-likeness (QED) is 0.547. The first kappa shape index (κ1) is 20.1. The first-order valence-corrected chi connectivity index (χ1v) is 12.1. The molecule has 2 heterocycles. The molecule has 3 aliphatic rings. The van der Waals surface area contributed by atoms with Crippen molar-refractivity contribution in [3.63, 3.8) is 0 Å². The lowest BCUT2D eigenvalue weighted by Gasteiger charge is -2.69. The number of hydrogen-bond donors (Lipinski definition) is 0. The molecule has 0 aromatic carbocycles. The van der Waals surface area contributed by atoms with Gasteiger partial charge in [0.2, 0.25) is 0 Å². The summed E-state index contributed by atoms with van der Waals surface area (Å²) in [6.45, 7) is 21.7. The molecule has 7 atom stereocenters. The summed E-state index contributed by atoms with van der Waals surface area (Å²) in [5.41, 5.74) is 1.75. The van der Waals surface area contributed by atoms with Crippen molar-refractivity contribution in [2.45, 2.75) is 117 Å². The Kier molecular flexibility index (Phi) is 5.43. The fourth-order valence-electron chi connectivity index (χ4n) is 5.71. The molecular formula is C22H41O2P. The van der Waals surface area contributed by atoms with Crippen molar-refractivity contribution >= 4 is 7.92 Å². The highest BCUT2D eigenvalue weighted by Crippen LogP contribution is 2.81. The summed E-state index contributed by atoms with van der Waals surface area (Å²) in [5, 5.41) is 0.406. The number of ether oxygens (including phenoxy) is 2. The van der Waals surface area contributed by atoms with Gasteiger partial charge in [-0.1, -0.05) is 62.8 Å². The van der Waals surface area contributed by atoms with Gasteiger partial charge in [0.25, 0.3) is 0 Å². The Morgan fingerprint density at radius 2 is 1.48 bits per heavy atom. The molecule has 0 N–H and O–H groups in total. The van der Waals surface area contributed by atoms with Crippen molar-refractivity contribution in [1.82, 2.24) is 0 Å². The summed E-state index contributed by atoms with van der Waals surface area (Å²) < 4.78 is 12.7. The second kappa shape index (κ2) is 6.75. The second-order valence-electron chi connectivity index (χ2n) is 10.6. The largest absolute Gasteiger partial charge is 0.346 e. The van der Waals surface area contributed by atoms with E-state index in [4.69, 9.17) is 9.47 Å². The van der Waals surface area contributed by atoms with Gasteiger partial charge in [0.05, 0.1) is 12.2 Å². The average molecular weight is 369 g/mol. The van der Waals surface area contributed by atoms with Gasteiger partial charge in [-0.15, -0.1) is 0 Å². The van der Waals surface area contributed by atoms with Crippen LogP contribution in [0.2, 0.25) is 0 Å². The van der Waals surface area contributed by atoms with Crippen molar-refractivity contribution in [3.8, 4) is 0 Å². The van der Waals surface area contributed by atoms with Crippen molar-refractivity contribution in [3.05, 3.63) is 0 Å². The van der Waals surface area contributed by atoms with Crippen LogP contribution in [-0.4, -0.2) is 35.0 Å². The lowest BCUT2D eigenvalue weighted by molar-refractivity contribution is -0.0957. The maximum atomic E-state index is 6.34. The zero-order valence-corrected chi connectivity index (χ0v) is 18.9. The summed E-state index contributed by atoms with van der Waals surface area (Å²) in [7, 11) is -0.108. The van der Waals surface area contributed by atoms with Crippen LogP contribution in [0.4, 0.5) is 0 Å². The van der Waals surface area contributed by atoms with Gasteiger partial charge in [0.1, 0.15) is 0 Å². The SMILES string of the molecule is CC(C)[C@H]1CC[C@@H](C)C[C@H]1[P@@]1[C@@H](C2O[C@H](C)[C@@H](C)O2)C(C)(C)C1(C)C. The first-order chi connectivity index (χ1) is 11.5. The monoisotopic (exact) mass is 368 g/mol. The molecule has 0 amide bonds. The predicted octanol–water partition coefficient (Wildman–Crippen LogP) is 6.27. The molecule has 3 heteroatoms. The summed E-state index contributed by atoms with van der Waals surface area (Å²) in [6, 6.07) is 0. The van der Waals surface area contributed by atoms with E-state index in [1.165, 1.54) is 19.3 Å². The topological polar surface area (TPSA) is 18.5 Å². The number of rotatable bonds is 3. The van der Waals surface area contributed by atoms with Gasteiger partial charge in [-0.05, 0) is 60.7 Å². The van der Waals surface area contributed by atoms with Crippen LogP contribution in [0.15, 0.2) is 0 Å². The van der Waals surface area contributed by atoms with E-state index in [1.54, 1.807) is 0 Å². The molecular weight excluding hydrogens is 327 g/mol. The lowest BCUT2D eigenvalue weighted by Crippen LogP contribution is -2.64. The molecule has 25 heavy (non-hydrogen) atoms. The number of hydrogen-bond acceptors (Lipinski definition) is 2. The minimum Gasteiger partial charge on any atom is -0.346 e. The van der Waals surface area contributed by atoms with Crippen LogP contribution < -0.4 is 0 Å². The summed E-state index contributed by atoms with van der Waals surface area (Å²) >= 11 is 0. The van der Waals surface area contributed by atoms with Crippen molar-refractivity contribution in [2.24, 2.45) is 23.2 Å². The molecule has 1 saturated carbocycles. The molecule has 0 radical (unpaired) electrons. The second-order valence-corrected chi connectivity index (χ2v) is 13.7. The van der Waals surface area contributed by atoms with E-state index in [2.05, 4.69) is 62.3 Å². The van der Waals surface area contributed by atoms with Gasteiger partial charge in [-0.25, -0.2) is 0 Å². The van der Waals surface area contributed by atoms with Gasteiger partial charge < -0.3 is 9.47 Å². The zero-order valence-electron chi connectivity index (χ0n) is 18.0. The molecule has 0 spiro atoms. The van der Waals surface area contributed by atoms with E-state index in [1.807, 2.05) is 0 Å². The van der Waals surface area contributed by atoms with Gasteiger partial charge in [-0.3, -0.25) is 0 Å². The van der Waals surface area contributed by atoms with Crippen LogP contribution in [0, 0.1) is 23.2 Å². The fraction of sp³-hybridized carbons (Fsp3) is 1.00. The molecule has 0 bridgehead atoms. The fourth-order valence-corrected chi connectivity index (χ4v) is 11.2. The average Bonchev–Trinajstić information content (AvgIpc) is 2.82. The van der Waals surface area contributed by atoms with Crippen LogP contribution in [0.25, 0.3) is 0 Å². The predicted molar refractivity (Wildman–Crippen MR) is 109 cm³/mol. The molecule has 2 aliphatic heterocycles. The summed E-state index contributed by atoms with van der Waals surface area (Å²) in [6.07, 6.45) is 4.73. The maximum absolute atomic E-state index is 6.34. The molecule has 2 saturated heterocycles. The maximum Gasteiger partial charge on any atom is 0.165 e. The van der Waals surface area contributed by atoms with Crippen molar-refractivity contribution < 1.29 is 9.47 Å². The Morgan fingerprint density at radius 1 is 0.920 bits per heavy atom. The van der Waals surface area contributed by atoms with Crippen molar-refractivity contribution in [2.75, 3.05) is 0 Å². The van der Waals surface area contributed by atoms with Crippen LogP contribution in [0.5, 0.6) is 0 Å². The zero-order chi connectivity index (χ0) is 18.7. The van der Waals surface area contributed by atoms with Gasteiger partial charge in [-0.2, -0.15) is 0 Å². The minimum absolute atomic E-state index is 0.0178. The Morgan fingerprint density at radius 3 is 2.00 bits per heavy atom. The van der Waals surface area contributed by atoms with Crippen molar-refractivity contribution in [1.29, 1.82) is 0 Å². The molecule has 0 aromatic heterocycles.